The molecule has 5 nitrogen and oxygen atoms in total. The highest BCUT2D eigenvalue weighted by molar-refractivity contribution is 14.1. The molecule has 0 saturated heterocycles. The smallest absolute Gasteiger partial charge is 0.320 e. The Bertz CT molecular complexity index is 1710. The second kappa shape index (κ2) is 12.3. The van der Waals surface area contributed by atoms with Gasteiger partial charge in [-0.15, -0.1) is 0 Å². The molecule has 0 aliphatic carbocycles. The van der Waals surface area contributed by atoms with Crippen LogP contribution in [0.5, 0.6) is 0 Å². The van der Waals surface area contributed by atoms with E-state index in [0.29, 0.717) is 11.0 Å². The molecule has 246 valence electrons. The van der Waals surface area contributed by atoms with Gasteiger partial charge in [-0.3, -0.25) is 9.59 Å². The molecule has 3 rings (SSSR count). The minimum absolute atomic E-state index is 0.0564. The van der Waals surface area contributed by atoms with Gasteiger partial charge in [-0.1, -0.05) is 6.07 Å². The summed E-state index contributed by atoms with van der Waals surface area (Å²) < 4.78 is 178. The maximum absolute atomic E-state index is 15.4. The van der Waals surface area contributed by atoms with Gasteiger partial charge in [-0.2, -0.15) is 53.6 Å². The lowest BCUT2D eigenvalue weighted by atomic mass is 9.86. The van der Waals surface area contributed by atoms with E-state index >= 15 is 4.39 Å². The van der Waals surface area contributed by atoms with Gasteiger partial charge in [-0.25, -0.2) is 8.78 Å². The Labute approximate surface area is 262 Å². The highest BCUT2D eigenvalue weighted by Gasteiger charge is 2.82. The largest absolute Gasteiger partial charge is 0.457 e. The molecule has 0 aromatic heterocycles. The van der Waals surface area contributed by atoms with Gasteiger partial charge in [0.2, 0.25) is 0 Å². The van der Waals surface area contributed by atoms with Gasteiger partial charge in [0.25, 0.3) is 11.8 Å². The summed E-state index contributed by atoms with van der Waals surface area (Å²) in [6.07, 6.45) is -20.2. The average Bonchev–Trinajstić information content (AvgIpc) is 2.95. The lowest BCUT2D eigenvalue weighted by Crippen LogP contribution is -2.59. The Balaban J connectivity index is 2.11. The summed E-state index contributed by atoms with van der Waals surface area (Å²) in [7, 11) is 1.05. The normalized spacial score (nSPS) is 13.9. The number of alkyl halides is 12. The van der Waals surface area contributed by atoms with Crippen molar-refractivity contribution in [2.45, 2.75) is 30.1 Å². The molecule has 0 bridgehead atoms. The quantitative estimate of drug-likeness (QED) is 0.201. The molecule has 1 unspecified atom stereocenters. The molecular weight excluding hydrogens is 772 g/mol. The molecule has 0 heterocycles. The van der Waals surface area contributed by atoms with Crippen molar-refractivity contribution in [1.29, 1.82) is 5.26 Å². The lowest BCUT2D eigenvalue weighted by Gasteiger charge is -2.36. The third kappa shape index (κ3) is 6.43. The second-order valence-electron chi connectivity index (χ2n) is 9.25. The topological polar surface area (TPSA) is 73.2 Å². The molecule has 0 aliphatic rings. The van der Waals surface area contributed by atoms with Crippen molar-refractivity contribution in [3.05, 3.63) is 91.8 Å². The monoisotopic (exact) mass is 785 g/mol. The van der Waals surface area contributed by atoms with Crippen LogP contribution in [0.15, 0.2) is 54.6 Å². The van der Waals surface area contributed by atoms with E-state index in [0.717, 1.165) is 41.8 Å². The zero-order chi connectivity index (χ0) is 35.2. The minimum atomic E-state index is -7.28. The van der Waals surface area contributed by atoms with Gasteiger partial charge in [0.15, 0.2) is 5.82 Å². The Morgan fingerprint density at radius 3 is 1.89 bits per heavy atom. The van der Waals surface area contributed by atoms with E-state index in [4.69, 9.17) is 5.26 Å². The number of rotatable bonds is 6. The maximum atomic E-state index is 15.4. The molecule has 3 aromatic rings. The molecule has 1 N–H and O–H groups in total. The maximum Gasteiger partial charge on any atom is 0.457 e. The number of halogens is 14. The van der Waals surface area contributed by atoms with Crippen LogP contribution in [0.25, 0.3) is 0 Å². The van der Waals surface area contributed by atoms with Gasteiger partial charge >= 0.3 is 30.1 Å². The predicted octanol–water partition coefficient (Wildman–Crippen LogP) is 8.77. The fourth-order valence-corrected chi connectivity index (χ4v) is 4.76. The number of carbonyl (C=O) groups excluding carboxylic acids is 2. The van der Waals surface area contributed by atoms with Crippen LogP contribution in [0.1, 0.15) is 37.4 Å². The summed E-state index contributed by atoms with van der Waals surface area (Å²) in [5, 5.41) is 10.4. The van der Waals surface area contributed by atoms with Crippen molar-refractivity contribution in [2.24, 2.45) is 0 Å². The van der Waals surface area contributed by atoms with Gasteiger partial charge in [-0.05, 0) is 71.1 Å². The van der Waals surface area contributed by atoms with Gasteiger partial charge in [0.05, 0.1) is 34.1 Å². The van der Waals surface area contributed by atoms with Crippen molar-refractivity contribution >= 4 is 45.8 Å². The summed E-state index contributed by atoms with van der Waals surface area (Å²) >= 11 is 0.726. The van der Waals surface area contributed by atoms with Crippen molar-refractivity contribution in [3.8, 4) is 6.07 Å². The molecule has 2 amide bonds. The number of benzene rings is 3. The molecule has 0 fully saturated rings. The summed E-state index contributed by atoms with van der Waals surface area (Å²) in [5.41, 5.74) is -15.0. The van der Waals surface area contributed by atoms with Crippen LogP contribution >= 0.6 is 22.6 Å². The van der Waals surface area contributed by atoms with E-state index in [1.807, 2.05) is 0 Å². The van der Waals surface area contributed by atoms with Crippen molar-refractivity contribution in [3.63, 3.8) is 0 Å². The predicted molar refractivity (Wildman–Crippen MR) is 142 cm³/mol. The number of nitriles is 1. The Hall–Kier alpha value is -4.09. The van der Waals surface area contributed by atoms with E-state index in [1.165, 1.54) is 29.6 Å². The van der Waals surface area contributed by atoms with Crippen LogP contribution in [-0.2, 0) is 11.8 Å². The number of nitrogens with one attached hydrogen (secondary N) is 1. The van der Waals surface area contributed by atoms with Crippen LogP contribution in [0.3, 0.4) is 0 Å². The fourth-order valence-electron chi connectivity index (χ4n) is 4.00. The van der Waals surface area contributed by atoms with E-state index in [2.05, 4.69) is 0 Å². The number of anilines is 2. The van der Waals surface area contributed by atoms with Crippen molar-refractivity contribution in [1.82, 2.24) is 0 Å². The lowest BCUT2D eigenvalue weighted by molar-refractivity contribution is -0.389. The molecule has 0 spiro atoms. The fraction of sp³-hybridized carbons (Fsp3) is 0.222. The van der Waals surface area contributed by atoms with Crippen LogP contribution in [0, 0.1) is 20.7 Å². The summed E-state index contributed by atoms with van der Waals surface area (Å²) in [5.74, 6) is -11.4. The number of carbonyl (C=O) groups is 2. The second-order valence-corrected chi connectivity index (χ2v) is 10.4. The van der Waals surface area contributed by atoms with Gasteiger partial charge in [0.1, 0.15) is 0 Å². The highest BCUT2D eigenvalue weighted by Crippen LogP contribution is 2.59. The van der Waals surface area contributed by atoms with Crippen LogP contribution in [-0.4, -0.2) is 37.1 Å². The Morgan fingerprint density at radius 1 is 0.848 bits per heavy atom. The average molecular weight is 785 g/mol. The van der Waals surface area contributed by atoms with Crippen molar-refractivity contribution < 1.29 is 66.7 Å². The molecule has 3 aromatic carbocycles. The zero-order valence-corrected chi connectivity index (χ0v) is 24.4. The van der Waals surface area contributed by atoms with Gasteiger partial charge < -0.3 is 10.2 Å². The molecule has 0 saturated carbocycles. The molecule has 19 heteroatoms. The molecule has 0 aliphatic heterocycles. The molecule has 46 heavy (non-hydrogen) atoms. The summed E-state index contributed by atoms with van der Waals surface area (Å²) in [6.45, 7) is 0. The minimum Gasteiger partial charge on any atom is -0.320 e. The standard InChI is InChI=1S/C27H13F13IN3O2/c1-44(22(46)13-7-5-12(11-42)6-8-13)18-4-2-3-15(19(18)28)21(45)43-20-16(24(30,31)32)9-14(10-17(20)41)23(29,26(35,36)37)25(33,34)27(38,39)40/h2-10H,1H3,(H,43,45). The van der Waals surface area contributed by atoms with E-state index in [-0.39, 0.29) is 11.1 Å². The van der Waals surface area contributed by atoms with Crippen LogP contribution in [0.2, 0.25) is 0 Å². The van der Waals surface area contributed by atoms with E-state index < -0.39 is 91.5 Å². The third-order valence-electron chi connectivity index (χ3n) is 6.36. The zero-order valence-electron chi connectivity index (χ0n) is 22.2. The first-order chi connectivity index (χ1) is 20.9. The third-order valence-corrected chi connectivity index (χ3v) is 7.21. The first kappa shape index (κ1) is 36.4. The molecule has 0 radical (unpaired) electrons. The Morgan fingerprint density at radius 2 is 1.41 bits per heavy atom. The number of nitrogens with zero attached hydrogens (tertiary/aromatic N) is 2. The Kier molecular flexibility index (Phi) is 9.69. The van der Waals surface area contributed by atoms with Crippen LogP contribution in [0.4, 0.5) is 68.5 Å². The first-order valence-corrected chi connectivity index (χ1v) is 13.0. The SMILES string of the molecule is CN(C(=O)c1ccc(C#N)cc1)c1cccc(C(=O)Nc2c(I)cc(C(F)(C(F)(F)F)C(F)(F)C(F)(F)F)cc2C(F)(F)F)c1F. The number of hydrogen-bond acceptors (Lipinski definition) is 3. The van der Waals surface area contributed by atoms with Crippen LogP contribution < -0.4 is 10.2 Å². The van der Waals surface area contributed by atoms with Crippen molar-refractivity contribution in [2.75, 3.05) is 17.3 Å². The van der Waals surface area contributed by atoms with Gasteiger partial charge in [0, 0.05) is 21.7 Å². The summed E-state index contributed by atoms with van der Waals surface area (Å²) in [6, 6.07) is 8.05. The van der Waals surface area contributed by atoms with E-state index in [1.54, 1.807) is 6.07 Å². The summed E-state index contributed by atoms with van der Waals surface area (Å²) in [4.78, 5) is 26.4. The molecule has 1 atom stereocenters. The number of amides is 2. The highest BCUT2D eigenvalue weighted by atomic mass is 127. The van der Waals surface area contributed by atoms with E-state index in [9.17, 15) is 62.3 Å². The number of hydrogen-bond donors (Lipinski definition) is 1. The first-order valence-electron chi connectivity index (χ1n) is 11.9. The molecular formula is C27H13F13IN3O2.